The molecule has 0 radical (unpaired) electrons. The molecule has 11 heteroatoms. The van der Waals surface area contributed by atoms with Crippen LogP contribution in [-0.4, -0.2) is 22.5 Å². The minimum absolute atomic E-state index is 0.258. The zero-order valence-corrected chi connectivity index (χ0v) is 26.8. The lowest BCUT2D eigenvalue weighted by atomic mass is 10.2. The SMILES string of the molecule is CCOc1cc(C=Nn2c(CC)nc3ccc(Br)cc3c2=O)c(Br)c(Cl)c1OCc1ccc(Br)cc1Br. The Bertz CT molecular complexity index is 1570. The number of benzene rings is 3. The number of fused-ring (bicyclic) bond motifs is 1. The van der Waals surface area contributed by atoms with Crippen LogP contribution in [-0.2, 0) is 13.0 Å². The molecule has 3 aromatic carbocycles. The topological polar surface area (TPSA) is 65.7 Å². The van der Waals surface area contributed by atoms with Crippen LogP contribution in [0.2, 0.25) is 5.02 Å². The molecule has 4 rings (SSSR count). The first-order valence-electron chi connectivity index (χ1n) is 11.2. The van der Waals surface area contributed by atoms with Crippen molar-refractivity contribution < 1.29 is 9.47 Å². The summed E-state index contributed by atoms with van der Waals surface area (Å²) in [4.78, 5) is 17.8. The standard InChI is InChI=1S/C26H20Br4ClN3O3/c1-3-22-33-20-8-7-16(27)10-18(20)26(35)34(22)32-12-15-9-21(36-4-2)25(24(31)23(15)30)37-13-14-5-6-17(28)11-19(14)29/h5-12H,3-4,13H2,1-2H3. The average molecular weight is 778 g/mol. The molecule has 0 saturated carbocycles. The summed E-state index contributed by atoms with van der Waals surface area (Å²) in [6, 6.07) is 13.0. The predicted octanol–water partition coefficient (Wildman–Crippen LogP) is 8.52. The smallest absolute Gasteiger partial charge is 0.282 e. The van der Waals surface area contributed by atoms with Gasteiger partial charge in [0.05, 0.1) is 23.7 Å². The third-order valence-corrected chi connectivity index (χ3v) is 8.51. The number of nitrogens with zero attached hydrogens (tertiary/aromatic N) is 3. The number of rotatable bonds is 8. The Hall–Kier alpha value is -1.72. The van der Waals surface area contributed by atoms with Crippen molar-refractivity contribution in [3.05, 3.63) is 92.7 Å². The summed E-state index contributed by atoms with van der Waals surface area (Å²) in [5.41, 5.74) is 1.93. The van der Waals surface area contributed by atoms with E-state index in [1.54, 1.807) is 18.3 Å². The highest BCUT2D eigenvalue weighted by atomic mass is 79.9. The average Bonchev–Trinajstić information content (AvgIpc) is 2.87. The van der Waals surface area contributed by atoms with Gasteiger partial charge in [-0.05, 0) is 59.3 Å². The Morgan fingerprint density at radius 2 is 1.76 bits per heavy atom. The van der Waals surface area contributed by atoms with Gasteiger partial charge in [-0.1, -0.05) is 72.4 Å². The van der Waals surface area contributed by atoms with Crippen LogP contribution in [0.25, 0.3) is 10.9 Å². The van der Waals surface area contributed by atoms with E-state index in [4.69, 9.17) is 21.1 Å². The molecule has 0 aliphatic carbocycles. The lowest BCUT2D eigenvalue weighted by Crippen LogP contribution is -2.22. The molecule has 0 atom stereocenters. The third kappa shape index (κ3) is 6.30. The first-order chi connectivity index (χ1) is 17.7. The van der Waals surface area contributed by atoms with Crippen molar-refractivity contribution in [2.45, 2.75) is 26.9 Å². The summed E-state index contributed by atoms with van der Waals surface area (Å²) in [5, 5.41) is 5.29. The maximum Gasteiger partial charge on any atom is 0.282 e. The van der Waals surface area contributed by atoms with Gasteiger partial charge in [0.2, 0.25) is 0 Å². The summed E-state index contributed by atoms with van der Waals surface area (Å²) < 4.78 is 16.5. The lowest BCUT2D eigenvalue weighted by molar-refractivity contribution is 0.269. The molecule has 0 amide bonds. The molecular formula is C26H20Br4ClN3O3. The monoisotopic (exact) mass is 773 g/mol. The summed E-state index contributed by atoms with van der Waals surface area (Å²) in [6.07, 6.45) is 2.09. The van der Waals surface area contributed by atoms with Gasteiger partial charge in [0.25, 0.3) is 5.56 Å². The molecular weight excluding hydrogens is 757 g/mol. The summed E-state index contributed by atoms with van der Waals surface area (Å²) in [5.74, 6) is 1.42. The van der Waals surface area contributed by atoms with Crippen LogP contribution in [0.4, 0.5) is 0 Å². The van der Waals surface area contributed by atoms with Crippen molar-refractivity contribution in [3.8, 4) is 11.5 Å². The molecule has 192 valence electrons. The number of aryl methyl sites for hydroxylation is 1. The Labute approximate surface area is 252 Å². The molecule has 0 fully saturated rings. The highest BCUT2D eigenvalue weighted by molar-refractivity contribution is 9.11. The van der Waals surface area contributed by atoms with Crippen molar-refractivity contribution in [1.29, 1.82) is 0 Å². The van der Waals surface area contributed by atoms with E-state index in [2.05, 4.69) is 73.8 Å². The van der Waals surface area contributed by atoms with Crippen LogP contribution < -0.4 is 15.0 Å². The molecule has 1 aromatic heterocycles. The second-order valence-electron chi connectivity index (χ2n) is 7.78. The molecule has 4 aromatic rings. The van der Waals surface area contributed by atoms with Gasteiger partial charge in [0.15, 0.2) is 11.5 Å². The minimum atomic E-state index is -0.258. The van der Waals surface area contributed by atoms with E-state index in [1.165, 1.54) is 4.68 Å². The second-order valence-corrected chi connectivity index (χ2v) is 11.6. The Morgan fingerprint density at radius 1 is 1.03 bits per heavy atom. The van der Waals surface area contributed by atoms with Crippen molar-refractivity contribution >= 4 is 92.4 Å². The summed E-state index contributed by atoms with van der Waals surface area (Å²) >= 11 is 20.7. The van der Waals surface area contributed by atoms with E-state index in [1.807, 2.05) is 44.2 Å². The molecule has 0 spiro atoms. The lowest BCUT2D eigenvalue weighted by Gasteiger charge is -2.17. The Kier molecular flexibility index (Phi) is 9.50. The first kappa shape index (κ1) is 28.3. The van der Waals surface area contributed by atoms with Crippen LogP contribution >= 0.6 is 75.3 Å². The molecule has 0 N–H and O–H groups in total. The van der Waals surface area contributed by atoms with Gasteiger partial charge >= 0.3 is 0 Å². The Balaban J connectivity index is 1.73. The van der Waals surface area contributed by atoms with Crippen molar-refractivity contribution in [2.24, 2.45) is 5.10 Å². The van der Waals surface area contributed by atoms with Crippen LogP contribution in [0, 0.1) is 0 Å². The van der Waals surface area contributed by atoms with E-state index in [-0.39, 0.29) is 12.2 Å². The fraction of sp³-hybridized carbons (Fsp3) is 0.192. The van der Waals surface area contributed by atoms with Gasteiger partial charge in [-0.15, -0.1) is 0 Å². The largest absolute Gasteiger partial charge is 0.490 e. The molecule has 37 heavy (non-hydrogen) atoms. The van der Waals surface area contributed by atoms with Crippen LogP contribution in [0.5, 0.6) is 11.5 Å². The molecule has 0 aliphatic heterocycles. The van der Waals surface area contributed by atoms with Gasteiger partial charge in [0, 0.05) is 35.4 Å². The zero-order valence-electron chi connectivity index (χ0n) is 19.7. The predicted molar refractivity (Wildman–Crippen MR) is 163 cm³/mol. The van der Waals surface area contributed by atoms with E-state index >= 15 is 0 Å². The van der Waals surface area contributed by atoms with Crippen molar-refractivity contribution in [2.75, 3.05) is 6.61 Å². The van der Waals surface area contributed by atoms with Crippen molar-refractivity contribution in [3.63, 3.8) is 0 Å². The Morgan fingerprint density at radius 3 is 2.46 bits per heavy atom. The van der Waals surface area contributed by atoms with Gasteiger partial charge in [0.1, 0.15) is 17.5 Å². The molecule has 0 aliphatic rings. The fourth-order valence-electron chi connectivity index (χ4n) is 3.55. The third-order valence-electron chi connectivity index (χ3n) is 5.35. The van der Waals surface area contributed by atoms with Crippen LogP contribution in [0.1, 0.15) is 30.8 Å². The van der Waals surface area contributed by atoms with E-state index < -0.39 is 0 Å². The van der Waals surface area contributed by atoms with Gasteiger partial charge in [-0.3, -0.25) is 4.79 Å². The number of aromatic nitrogens is 2. The molecule has 0 saturated heterocycles. The van der Waals surface area contributed by atoms with Crippen LogP contribution in [0.15, 0.2) is 70.3 Å². The number of hydrogen-bond donors (Lipinski definition) is 0. The number of ether oxygens (including phenoxy) is 2. The van der Waals surface area contributed by atoms with Gasteiger partial charge in [-0.2, -0.15) is 9.78 Å². The molecule has 1 heterocycles. The number of halogens is 5. The van der Waals surface area contributed by atoms with Crippen LogP contribution in [0.3, 0.4) is 0 Å². The van der Waals surface area contributed by atoms with Gasteiger partial charge < -0.3 is 9.47 Å². The summed E-state index contributed by atoms with van der Waals surface area (Å²) in [7, 11) is 0. The van der Waals surface area contributed by atoms with E-state index in [0.29, 0.717) is 56.3 Å². The summed E-state index contributed by atoms with van der Waals surface area (Å²) in [6.45, 7) is 4.50. The van der Waals surface area contributed by atoms with E-state index in [9.17, 15) is 4.79 Å². The maximum absolute atomic E-state index is 13.2. The fourth-order valence-corrected chi connectivity index (χ4v) is 5.72. The first-order valence-corrected chi connectivity index (χ1v) is 14.8. The minimum Gasteiger partial charge on any atom is -0.490 e. The molecule has 6 nitrogen and oxygen atoms in total. The highest BCUT2D eigenvalue weighted by Crippen LogP contribution is 2.43. The molecule has 0 bridgehead atoms. The highest BCUT2D eigenvalue weighted by Gasteiger charge is 2.18. The maximum atomic E-state index is 13.2. The van der Waals surface area contributed by atoms with Gasteiger partial charge in [-0.25, -0.2) is 4.98 Å². The van der Waals surface area contributed by atoms with Crippen molar-refractivity contribution in [1.82, 2.24) is 9.66 Å². The molecule has 0 unspecified atom stereocenters. The second kappa shape index (κ2) is 12.4. The zero-order chi connectivity index (χ0) is 26.7. The quantitative estimate of drug-likeness (QED) is 0.169. The number of hydrogen-bond acceptors (Lipinski definition) is 5. The normalized spacial score (nSPS) is 11.4. The van der Waals surface area contributed by atoms with E-state index in [0.717, 1.165) is 19.0 Å².